The van der Waals surface area contributed by atoms with Gasteiger partial charge in [0.1, 0.15) is 5.84 Å². The van der Waals surface area contributed by atoms with Crippen LogP contribution in [0.3, 0.4) is 0 Å². The van der Waals surface area contributed by atoms with Crippen LogP contribution in [0, 0.1) is 0 Å². The van der Waals surface area contributed by atoms with Crippen LogP contribution in [0.4, 0.5) is 0 Å². The van der Waals surface area contributed by atoms with Gasteiger partial charge in [-0.2, -0.15) is 5.10 Å². The van der Waals surface area contributed by atoms with Gasteiger partial charge in [-0.25, -0.2) is 0 Å². The van der Waals surface area contributed by atoms with E-state index in [4.69, 9.17) is 17.3 Å². The zero-order chi connectivity index (χ0) is 6.41. The van der Waals surface area contributed by atoms with Gasteiger partial charge < -0.3 is 5.73 Å². The predicted molar refractivity (Wildman–Crippen MR) is 35.7 cm³/mol. The molecule has 0 aliphatic heterocycles. The summed E-state index contributed by atoms with van der Waals surface area (Å²) >= 11 is 5.26. The van der Waals surface area contributed by atoms with Crippen molar-refractivity contribution in [3.05, 3.63) is 12.8 Å². The first kappa shape index (κ1) is 7.30. The first-order chi connectivity index (χ1) is 3.81. The fraction of sp³-hybridized carbons (Fsp3) is 0.250. The SMILES string of the molecule is C=CN/N=C(\N)CCl. The monoisotopic (exact) mass is 133 g/mol. The number of hydrogen-bond donors (Lipinski definition) is 2. The number of hydrogen-bond acceptors (Lipinski definition) is 2. The van der Waals surface area contributed by atoms with Crippen LogP contribution in [-0.4, -0.2) is 11.7 Å². The van der Waals surface area contributed by atoms with Crippen molar-refractivity contribution in [3.63, 3.8) is 0 Å². The molecule has 0 atom stereocenters. The lowest BCUT2D eigenvalue weighted by molar-refractivity contribution is 0.964. The Kier molecular flexibility index (Phi) is 4.07. The summed E-state index contributed by atoms with van der Waals surface area (Å²) in [5.41, 5.74) is 7.61. The van der Waals surface area contributed by atoms with Crippen LogP contribution in [0.15, 0.2) is 17.9 Å². The number of halogens is 1. The number of rotatable bonds is 3. The minimum atomic E-state index is 0.237. The molecule has 3 N–H and O–H groups in total. The van der Waals surface area contributed by atoms with Gasteiger partial charge in [0.25, 0.3) is 0 Å². The Labute approximate surface area is 53.2 Å². The molecule has 0 aromatic carbocycles. The number of alkyl halides is 1. The van der Waals surface area contributed by atoms with Crippen molar-refractivity contribution in [1.82, 2.24) is 5.43 Å². The van der Waals surface area contributed by atoms with Gasteiger partial charge in [0.15, 0.2) is 0 Å². The van der Waals surface area contributed by atoms with Crippen molar-refractivity contribution in [2.45, 2.75) is 0 Å². The van der Waals surface area contributed by atoms with E-state index in [0.29, 0.717) is 5.84 Å². The highest BCUT2D eigenvalue weighted by molar-refractivity contribution is 6.27. The summed E-state index contributed by atoms with van der Waals surface area (Å²) in [6.07, 6.45) is 1.42. The van der Waals surface area contributed by atoms with Crippen LogP contribution in [0.5, 0.6) is 0 Å². The molecule has 0 aromatic heterocycles. The van der Waals surface area contributed by atoms with E-state index in [2.05, 4.69) is 17.1 Å². The summed E-state index contributed by atoms with van der Waals surface area (Å²) < 4.78 is 0. The van der Waals surface area contributed by atoms with Crippen molar-refractivity contribution < 1.29 is 0 Å². The highest BCUT2D eigenvalue weighted by atomic mass is 35.5. The first-order valence-corrected chi connectivity index (χ1v) is 2.59. The van der Waals surface area contributed by atoms with Gasteiger partial charge in [0, 0.05) is 6.20 Å². The third-order valence-electron chi connectivity index (χ3n) is 0.436. The Balaban J connectivity index is 3.40. The second-order valence-corrected chi connectivity index (χ2v) is 1.34. The molecule has 0 bridgehead atoms. The van der Waals surface area contributed by atoms with Crippen LogP contribution in [0.25, 0.3) is 0 Å². The molecule has 46 valence electrons. The largest absolute Gasteiger partial charge is 0.385 e. The maximum Gasteiger partial charge on any atom is 0.134 e. The lowest BCUT2D eigenvalue weighted by atomic mass is 10.7. The normalized spacial score (nSPS) is 10.9. The summed E-state index contributed by atoms with van der Waals surface area (Å²) in [7, 11) is 0. The number of hydrazone groups is 1. The molecule has 0 unspecified atom stereocenters. The maximum atomic E-state index is 5.26. The summed E-state index contributed by atoms with van der Waals surface area (Å²) in [6.45, 7) is 3.35. The van der Waals surface area contributed by atoms with Crippen LogP contribution in [0.1, 0.15) is 0 Å². The average molecular weight is 134 g/mol. The van der Waals surface area contributed by atoms with Crippen LogP contribution in [0.2, 0.25) is 0 Å². The second-order valence-electron chi connectivity index (χ2n) is 1.07. The van der Waals surface area contributed by atoms with E-state index in [9.17, 15) is 0 Å². The van der Waals surface area contributed by atoms with Gasteiger partial charge in [-0.05, 0) is 0 Å². The molecule has 0 aliphatic rings. The molecular formula is C4H8ClN3. The zero-order valence-electron chi connectivity index (χ0n) is 4.39. The highest BCUT2D eigenvalue weighted by Gasteiger charge is 1.81. The number of nitrogens with zero attached hydrogens (tertiary/aromatic N) is 1. The number of amidine groups is 1. The van der Waals surface area contributed by atoms with E-state index < -0.39 is 0 Å². The van der Waals surface area contributed by atoms with E-state index >= 15 is 0 Å². The molecule has 0 radical (unpaired) electrons. The van der Waals surface area contributed by atoms with Crippen molar-refractivity contribution >= 4 is 17.4 Å². The Hall–Kier alpha value is -0.700. The predicted octanol–water partition coefficient (Wildman–Crippen LogP) is 0.231. The molecule has 0 spiro atoms. The van der Waals surface area contributed by atoms with Crippen LogP contribution in [-0.2, 0) is 0 Å². The molecule has 0 saturated carbocycles. The summed E-state index contributed by atoms with van der Waals surface area (Å²) in [5.74, 6) is 0.590. The van der Waals surface area contributed by atoms with Gasteiger partial charge in [-0.1, -0.05) is 6.58 Å². The summed E-state index contributed by atoms with van der Waals surface area (Å²) in [6, 6.07) is 0. The van der Waals surface area contributed by atoms with Crippen molar-refractivity contribution in [2.24, 2.45) is 10.8 Å². The van der Waals surface area contributed by atoms with Gasteiger partial charge >= 0.3 is 0 Å². The molecule has 0 amide bonds. The van der Waals surface area contributed by atoms with Crippen LogP contribution < -0.4 is 11.2 Å². The summed E-state index contributed by atoms with van der Waals surface area (Å²) in [5, 5.41) is 3.56. The molecule has 0 heterocycles. The number of nitrogens with two attached hydrogens (primary N) is 1. The molecule has 0 aromatic rings. The Morgan fingerprint density at radius 3 is 3.00 bits per heavy atom. The smallest absolute Gasteiger partial charge is 0.134 e. The minimum Gasteiger partial charge on any atom is -0.385 e. The van der Waals surface area contributed by atoms with Crippen LogP contribution >= 0.6 is 11.6 Å². The number of nitrogens with one attached hydrogen (secondary N) is 1. The quantitative estimate of drug-likeness (QED) is 0.251. The average Bonchev–Trinajstić information content (AvgIpc) is 1.83. The Morgan fingerprint density at radius 1 is 2.00 bits per heavy atom. The van der Waals surface area contributed by atoms with Crippen molar-refractivity contribution in [2.75, 3.05) is 5.88 Å². The van der Waals surface area contributed by atoms with E-state index in [1.54, 1.807) is 0 Å². The third kappa shape index (κ3) is 3.49. The fourth-order valence-electron chi connectivity index (χ4n) is 0.158. The Morgan fingerprint density at radius 2 is 2.62 bits per heavy atom. The Bertz CT molecular complexity index is 99.5. The molecule has 0 saturated heterocycles. The fourth-order valence-corrected chi connectivity index (χ4v) is 0.218. The van der Waals surface area contributed by atoms with Crippen molar-refractivity contribution in [3.8, 4) is 0 Å². The first-order valence-electron chi connectivity index (χ1n) is 2.05. The highest BCUT2D eigenvalue weighted by Crippen LogP contribution is 1.71. The van der Waals surface area contributed by atoms with Gasteiger partial charge in [0.2, 0.25) is 0 Å². The third-order valence-corrected chi connectivity index (χ3v) is 0.710. The topological polar surface area (TPSA) is 50.4 Å². The van der Waals surface area contributed by atoms with Gasteiger partial charge in [-0.3, -0.25) is 5.43 Å². The molecule has 0 rings (SSSR count). The molecule has 0 aliphatic carbocycles. The maximum absolute atomic E-state index is 5.26. The molecular weight excluding hydrogens is 126 g/mol. The summed E-state index contributed by atoms with van der Waals surface area (Å²) in [4.78, 5) is 0. The zero-order valence-corrected chi connectivity index (χ0v) is 5.15. The lowest BCUT2D eigenvalue weighted by Gasteiger charge is -1.90. The van der Waals surface area contributed by atoms with E-state index in [0.717, 1.165) is 0 Å². The minimum absolute atomic E-state index is 0.237. The van der Waals surface area contributed by atoms with Crippen molar-refractivity contribution in [1.29, 1.82) is 0 Å². The van der Waals surface area contributed by atoms with E-state index in [1.807, 2.05) is 0 Å². The van der Waals surface area contributed by atoms with Gasteiger partial charge in [0.05, 0.1) is 5.88 Å². The lowest BCUT2D eigenvalue weighted by Crippen LogP contribution is -2.16. The molecule has 3 nitrogen and oxygen atoms in total. The standard InChI is InChI=1S/C4H8ClN3/c1-2-7-8-4(6)3-5/h2,7H,1,3H2,(H2,6,8). The second kappa shape index (κ2) is 4.46. The molecule has 4 heteroatoms. The molecule has 0 fully saturated rings. The van der Waals surface area contributed by atoms with Gasteiger partial charge in [-0.15, -0.1) is 11.6 Å². The van der Waals surface area contributed by atoms with E-state index in [-0.39, 0.29) is 5.88 Å². The molecule has 8 heavy (non-hydrogen) atoms. The van der Waals surface area contributed by atoms with E-state index in [1.165, 1.54) is 6.20 Å².